The van der Waals surface area contributed by atoms with Crippen LogP contribution in [0.25, 0.3) is 0 Å². The van der Waals surface area contributed by atoms with Crippen LogP contribution in [0.5, 0.6) is 0 Å². The minimum atomic E-state index is -0.623. The predicted octanol–water partition coefficient (Wildman–Crippen LogP) is 0.833. The van der Waals surface area contributed by atoms with E-state index < -0.39 is 11.7 Å². The number of benzene rings is 1. The molecule has 0 aliphatic carbocycles. The summed E-state index contributed by atoms with van der Waals surface area (Å²) in [5, 5.41) is 11.2. The summed E-state index contributed by atoms with van der Waals surface area (Å²) >= 11 is 0. The maximum absolute atomic E-state index is 13.7. The first kappa shape index (κ1) is 14.8. The molecule has 1 aromatic carbocycles. The van der Waals surface area contributed by atoms with Gasteiger partial charge in [0.15, 0.2) is 0 Å². The lowest BCUT2D eigenvalue weighted by Gasteiger charge is -2.06. The fourth-order valence-electron chi connectivity index (χ4n) is 1.74. The Hall–Kier alpha value is -2.65. The third-order valence-electron chi connectivity index (χ3n) is 2.85. The Morgan fingerprint density at radius 1 is 1.52 bits per heavy atom. The number of rotatable bonds is 3. The number of imidazole rings is 1. The van der Waals surface area contributed by atoms with Crippen molar-refractivity contribution in [1.29, 1.82) is 0 Å². The normalized spacial score (nSPS) is 9.86. The summed E-state index contributed by atoms with van der Waals surface area (Å²) in [5.41, 5.74) is 0.376. The molecule has 5 nitrogen and oxygen atoms in total. The van der Waals surface area contributed by atoms with Crippen molar-refractivity contribution < 1.29 is 14.3 Å². The lowest BCUT2D eigenvalue weighted by atomic mass is 10.1. The van der Waals surface area contributed by atoms with Crippen LogP contribution in [0, 0.1) is 17.7 Å². The van der Waals surface area contributed by atoms with Crippen molar-refractivity contribution in [3.8, 4) is 11.8 Å². The van der Waals surface area contributed by atoms with Crippen molar-refractivity contribution in [3.05, 3.63) is 53.4 Å². The molecule has 21 heavy (non-hydrogen) atoms. The molecule has 0 fully saturated rings. The number of halogens is 1. The van der Waals surface area contributed by atoms with Gasteiger partial charge < -0.3 is 15.0 Å². The van der Waals surface area contributed by atoms with Crippen molar-refractivity contribution in [2.24, 2.45) is 7.05 Å². The number of nitrogens with zero attached hydrogens (tertiary/aromatic N) is 2. The molecule has 108 valence electrons. The van der Waals surface area contributed by atoms with Gasteiger partial charge in [-0.25, -0.2) is 9.37 Å². The van der Waals surface area contributed by atoms with Crippen molar-refractivity contribution in [1.82, 2.24) is 14.9 Å². The summed E-state index contributed by atoms with van der Waals surface area (Å²) < 4.78 is 15.5. The molecule has 1 amide bonds. The smallest absolute Gasteiger partial charge is 0.254 e. The molecule has 0 atom stereocenters. The van der Waals surface area contributed by atoms with Gasteiger partial charge in [-0.15, -0.1) is 0 Å². The van der Waals surface area contributed by atoms with E-state index in [0.717, 1.165) is 0 Å². The van der Waals surface area contributed by atoms with Crippen LogP contribution in [-0.2, 0) is 13.6 Å². The van der Waals surface area contributed by atoms with Gasteiger partial charge in [0.05, 0.1) is 12.1 Å². The Kier molecular flexibility index (Phi) is 4.69. The van der Waals surface area contributed by atoms with E-state index in [1.807, 2.05) is 0 Å². The molecule has 2 rings (SSSR count). The largest absolute Gasteiger partial charge is 0.384 e. The third-order valence-corrected chi connectivity index (χ3v) is 2.85. The molecule has 0 radical (unpaired) electrons. The fourth-order valence-corrected chi connectivity index (χ4v) is 1.74. The minimum Gasteiger partial charge on any atom is -0.384 e. The van der Waals surface area contributed by atoms with E-state index in [-0.39, 0.29) is 18.7 Å². The quantitative estimate of drug-likeness (QED) is 0.822. The lowest BCUT2D eigenvalue weighted by Crippen LogP contribution is -2.25. The van der Waals surface area contributed by atoms with Crippen LogP contribution < -0.4 is 5.32 Å². The lowest BCUT2D eigenvalue weighted by molar-refractivity contribution is 0.0945. The maximum Gasteiger partial charge on any atom is 0.254 e. The maximum atomic E-state index is 13.7. The van der Waals surface area contributed by atoms with E-state index in [1.165, 1.54) is 18.2 Å². The molecule has 6 heteroatoms. The number of carbonyl (C=O) groups is 1. The Morgan fingerprint density at radius 3 is 3.00 bits per heavy atom. The van der Waals surface area contributed by atoms with E-state index in [1.54, 1.807) is 24.0 Å². The van der Waals surface area contributed by atoms with Crippen LogP contribution in [-0.4, -0.2) is 27.2 Å². The number of aliphatic hydroxyl groups excluding tert-OH is 1. The zero-order valence-corrected chi connectivity index (χ0v) is 11.4. The highest BCUT2D eigenvalue weighted by molar-refractivity contribution is 5.94. The van der Waals surface area contributed by atoms with Crippen LogP contribution in [0.15, 0.2) is 30.6 Å². The molecule has 0 unspecified atom stereocenters. The van der Waals surface area contributed by atoms with Crippen LogP contribution in [0.4, 0.5) is 4.39 Å². The number of aromatic nitrogens is 2. The van der Waals surface area contributed by atoms with Gasteiger partial charge in [-0.2, -0.15) is 0 Å². The summed E-state index contributed by atoms with van der Waals surface area (Å²) in [4.78, 5) is 16.1. The zero-order valence-electron chi connectivity index (χ0n) is 11.4. The monoisotopic (exact) mass is 287 g/mol. The van der Waals surface area contributed by atoms with Gasteiger partial charge in [0.25, 0.3) is 5.91 Å². The first-order valence-corrected chi connectivity index (χ1v) is 6.25. The molecule has 0 saturated heterocycles. The van der Waals surface area contributed by atoms with Gasteiger partial charge >= 0.3 is 0 Å². The van der Waals surface area contributed by atoms with E-state index >= 15 is 0 Å². The van der Waals surface area contributed by atoms with Crippen molar-refractivity contribution in [2.45, 2.75) is 6.54 Å². The van der Waals surface area contributed by atoms with Gasteiger partial charge in [0.2, 0.25) is 0 Å². The first-order valence-electron chi connectivity index (χ1n) is 6.25. The Labute approximate surface area is 121 Å². The number of hydrogen-bond donors (Lipinski definition) is 2. The highest BCUT2D eigenvalue weighted by Crippen LogP contribution is 2.10. The first-order chi connectivity index (χ1) is 10.1. The van der Waals surface area contributed by atoms with Crippen LogP contribution in [0.3, 0.4) is 0 Å². The molecule has 0 spiro atoms. The van der Waals surface area contributed by atoms with Crippen LogP contribution >= 0.6 is 0 Å². The van der Waals surface area contributed by atoms with Gasteiger partial charge in [0.1, 0.15) is 18.2 Å². The van der Waals surface area contributed by atoms with E-state index in [9.17, 15) is 9.18 Å². The fraction of sp³-hybridized carbons (Fsp3) is 0.200. The summed E-state index contributed by atoms with van der Waals surface area (Å²) in [6.07, 6.45) is 3.38. The van der Waals surface area contributed by atoms with Crippen LogP contribution in [0.1, 0.15) is 21.7 Å². The van der Waals surface area contributed by atoms with Crippen molar-refractivity contribution in [3.63, 3.8) is 0 Å². The average Bonchev–Trinajstić information content (AvgIpc) is 2.89. The summed E-state index contributed by atoms with van der Waals surface area (Å²) in [6.45, 7) is -0.0909. The average molecular weight is 287 g/mol. The molecule has 0 aliphatic rings. The summed E-state index contributed by atoms with van der Waals surface area (Å²) in [7, 11) is 1.81. The van der Waals surface area contributed by atoms with Gasteiger partial charge in [-0.05, 0) is 18.2 Å². The van der Waals surface area contributed by atoms with Gasteiger partial charge in [0, 0.05) is 25.0 Å². The molecule has 0 saturated carbocycles. The van der Waals surface area contributed by atoms with Crippen molar-refractivity contribution in [2.75, 3.05) is 6.61 Å². The standard InChI is InChI=1S/C15H14FN3O2/c1-19-7-6-17-14(19)10-18-15(21)12-9-11(3-2-8-20)4-5-13(12)16/h4-7,9,20H,8,10H2,1H3,(H,18,21). The second-order valence-corrected chi connectivity index (χ2v) is 4.29. The van der Waals surface area contributed by atoms with E-state index in [4.69, 9.17) is 5.11 Å². The molecule has 1 heterocycles. The second-order valence-electron chi connectivity index (χ2n) is 4.29. The Morgan fingerprint density at radius 2 is 2.33 bits per heavy atom. The highest BCUT2D eigenvalue weighted by atomic mass is 19.1. The minimum absolute atomic E-state index is 0.0889. The van der Waals surface area contributed by atoms with Gasteiger partial charge in [-0.1, -0.05) is 11.8 Å². The number of aryl methyl sites for hydroxylation is 1. The number of hydrogen-bond acceptors (Lipinski definition) is 3. The molecule has 2 aromatic rings. The van der Waals surface area contributed by atoms with E-state index in [0.29, 0.717) is 11.4 Å². The third kappa shape index (κ3) is 3.68. The van der Waals surface area contributed by atoms with Gasteiger partial charge in [-0.3, -0.25) is 4.79 Å². The molecular weight excluding hydrogens is 273 g/mol. The summed E-state index contributed by atoms with van der Waals surface area (Å²) in [6, 6.07) is 3.98. The second kappa shape index (κ2) is 6.68. The van der Waals surface area contributed by atoms with Crippen LogP contribution in [0.2, 0.25) is 0 Å². The molecule has 2 N–H and O–H groups in total. The number of amides is 1. The molecule has 0 bridgehead atoms. The van der Waals surface area contributed by atoms with E-state index in [2.05, 4.69) is 22.1 Å². The zero-order chi connectivity index (χ0) is 15.2. The Balaban J connectivity index is 2.13. The number of aliphatic hydroxyl groups is 1. The topological polar surface area (TPSA) is 67.2 Å². The molecule has 1 aromatic heterocycles. The molecular formula is C15H14FN3O2. The number of carbonyl (C=O) groups excluding carboxylic acids is 1. The highest BCUT2D eigenvalue weighted by Gasteiger charge is 2.12. The Bertz CT molecular complexity index is 713. The number of nitrogens with one attached hydrogen (secondary N) is 1. The predicted molar refractivity (Wildman–Crippen MR) is 74.7 cm³/mol. The van der Waals surface area contributed by atoms with Crippen molar-refractivity contribution >= 4 is 5.91 Å². The summed E-state index contributed by atoms with van der Waals surface area (Å²) in [5.74, 6) is 4.59. The molecule has 0 aliphatic heterocycles. The SMILES string of the molecule is Cn1ccnc1CNC(=O)c1cc(C#CCO)ccc1F.